The lowest BCUT2D eigenvalue weighted by atomic mass is 10.2. The zero-order chi connectivity index (χ0) is 12.7. The van der Waals surface area contributed by atoms with Crippen molar-refractivity contribution in [2.45, 2.75) is 32.9 Å². The molecule has 2 N–H and O–H groups in total. The van der Waals surface area contributed by atoms with Gasteiger partial charge in [0, 0.05) is 23.5 Å². The number of nitrogens with one attached hydrogen (secondary N) is 2. The summed E-state index contributed by atoms with van der Waals surface area (Å²) in [7, 11) is 0. The van der Waals surface area contributed by atoms with Crippen molar-refractivity contribution < 1.29 is 4.79 Å². The van der Waals surface area contributed by atoms with E-state index in [2.05, 4.69) is 26.6 Å². The number of carbonyl (C=O) groups excluding carboxylic acids is 1. The van der Waals surface area contributed by atoms with E-state index < -0.39 is 0 Å². The first-order chi connectivity index (χ1) is 8.11. The fourth-order valence-corrected chi connectivity index (χ4v) is 2.07. The number of hydrogen-bond acceptors (Lipinski definition) is 2. The van der Waals surface area contributed by atoms with Crippen molar-refractivity contribution in [3.63, 3.8) is 0 Å². The van der Waals surface area contributed by atoms with Gasteiger partial charge in [-0.3, -0.25) is 4.79 Å². The number of hydrogen-bond donors (Lipinski definition) is 2. The van der Waals surface area contributed by atoms with E-state index in [9.17, 15) is 4.79 Å². The number of rotatable bonds is 6. The molecule has 1 aromatic rings. The SMILES string of the molecule is CCNC(C)CC(=O)NCc1cccc(Br)c1. The predicted octanol–water partition coefficient (Wildman–Crippen LogP) is 2.45. The average Bonchev–Trinajstić information content (AvgIpc) is 2.27. The first-order valence-corrected chi connectivity index (χ1v) is 6.65. The van der Waals surface area contributed by atoms with Crippen LogP contribution in [0.3, 0.4) is 0 Å². The van der Waals surface area contributed by atoms with Crippen LogP contribution in [0.1, 0.15) is 25.8 Å². The van der Waals surface area contributed by atoms with Crippen molar-refractivity contribution >= 4 is 21.8 Å². The molecule has 3 nitrogen and oxygen atoms in total. The van der Waals surface area contributed by atoms with Crippen LogP contribution in [0.5, 0.6) is 0 Å². The Balaban J connectivity index is 2.33. The average molecular weight is 299 g/mol. The van der Waals surface area contributed by atoms with Crippen LogP contribution in [-0.4, -0.2) is 18.5 Å². The standard InChI is InChI=1S/C13H19BrN2O/c1-3-15-10(2)7-13(17)16-9-11-5-4-6-12(14)8-11/h4-6,8,10,15H,3,7,9H2,1-2H3,(H,16,17). The highest BCUT2D eigenvalue weighted by Gasteiger charge is 2.07. The molecule has 1 atom stereocenters. The third-order valence-corrected chi connectivity index (χ3v) is 2.92. The van der Waals surface area contributed by atoms with Crippen molar-refractivity contribution in [3.05, 3.63) is 34.3 Å². The number of carbonyl (C=O) groups is 1. The van der Waals surface area contributed by atoms with Gasteiger partial charge in [0.15, 0.2) is 0 Å². The van der Waals surface area contributed by atoms with Crippen LogP contribution in [0.15, 0.2) is 28.7 Å². The van der Waals surface area contributed by atoms with Crippen molar-refractivity contribution in [1.29, 1.82) is 0 Å². The van der Waals surface area contributed by atoms with E-state index in [-0.39, 0.29) is 11.9 Å². The second-order valence-corrected chi connectivity index (χ2v) is 4.99. The summed E-state index contributed by atoms with van der Waals surface area (Å²) in [5.41, 5.74) is 1.10. The summed E-state index contributed by atoms with van der Waals surface area (Å²) in [6.45, 7) is 5.52. The van der Waals surface area contributed by atoms with Gasteiger partial charge in [-0.05, 0) is 31.2 Å². The van der Waals surface area contributed by atoms with Crippen LogP contribution in [-0.2, 0) is 11.3 Å². The molecule has 17 heavy (non-hydrogen) atoms. The lowest BCUT2D eigenvalue weighted by Gasteiger charge is -2.12. The van der Waals surface area contributed by atoms with Gasteiger partial charge in [0.05, 0.1) is 0 Å². The Morgan fingerprint density at radius 1 is 1.47 bits per heavy atom. The van der Waals surface area contributed by atoms with Gasteiger partial charge in [-0.25, -0.2) is 0 Å². The molecule has 1 amide bonds. The Hall–Kier alpha value is -0.870. The summed E-state index contributed by atoms with van der Waals surface area (Å²) < 4.78 is 1.03. The molecule has 0 aliphatic heterocycles. The minimum atomic E-state index is 0.0819. The van der Waals surface area contributed by atoms with Crippen molar-refractivity contribution in [2.24, 2.45) is 0 Å². The zero-order valence-electron chi connectivity index (χ0n) is 10.3. The third kappa shape index (κ3) is 5.84. The molecule has 0 saturated heterocycles. The molecule has 94 valence electrons. The zero-order valence-corrected chi connectivity index (χ0v) is 11.9. The van der Waals surface area contributed by atoms with Crippen LogP contribution >= 0.6 is 15.9 Å². The largest absolute Gasteiger partial charge is 0.352 e. The predicted molar refractivity (Wildman–Crippen MR) is 73.7 cm³/mol. The van der Waals surface area contributed by atoms with E-state index in [0.717, 1.165) is 16.6 Å². The molecule has 0 bridgehead atoms. The molecule has 0 aromatic heterocycles. The quantitative estimate of drug-likeness (QED) is 0.847. The maximum Gasteiger partial charge on any atom is 0.221 e. The fourth-order valence-electron chi connectivity index (χ4n) is 1.62. The summed E-state index contributed by atoms with van der Waals surface area (Å²) in [5.74, 6) is 0.0819. The molecule has 1 unspecified atom stereocenters. The highest BCUT2D eigenvalue weighted by molar-refractivity contribution is 9.10. The highest BCUT2D eigenvalue weighted by Crippen LogP contribution is 2.11. The minimum Gasteiger partial charge on any atom is -0.352 e. The topological polar surface area (TPSA) is 41.1 Å². The summed E-state index contributed by atoms with van der Waals surface area (Å²) in [5, 5.41) is 6.13. The van der Waals surface area contributed by atoms with Gasteiger partial charge in [0.25, 0.3) is 0 Å². The number of benzene rings is 1. The first-order valence-electron chi connectivity index (χ1n) is 5.86. The molecule has 0 fully saturated rings. The van der Waals surface area contributed by atoms with Gasteiger partial charge in [-0.15, -0.1) is 0 Å². The monoisotopic (exact) mass is 298 g/mol. The molecule has 1 rings (SSSR count). The summed E-state index contributed by atoms with van der Waals surface area (Å²) >= 11 is 3.41. The van der Waals surface area contributed by atoms with Gasteiger partial charge in [0.1, 0.15) is 0 Å². The Bertz CT molecular complexity index is 368. The van der Waals surface area contributed by atoms with Crippen LogP contribution in [0, 0.1) is 0 Å². The smallest absolute Gasteiger partial charge is 0.221 e. The maximum atomic E-state index is 11.6. The molecular formula is C13H19BrN2O. The lowest BCUT2D eigenvalue weighted by Crippen LogP contribution is -2.33. The van der Waals surface area contributed by atoms with Crippen molar-refractivity contribution in [3.8, 4) is 0 Å². The van der Waals surface area contributed by atoms with Gasteiger partial charge in [-0.2, -0.15) is 0 Å². The molecule has 0 saturated carbocycles. The van der Waals surface area contributed by atoms with Crippen molar-refractivity contribution in [1.82, 2.24) is 10.6 Å². The molecule has 0 spiro atoms. The van der Waals surface area contributed by atoms with E-state index in [0.29, 0.717) is 13.0 Å². The highest BCUT2D eigenvalue weighted by atomic mass is 79.9. The summed E-state index contributed by atoms with van der Waals surface area (Å²) in [6, 6.07) is 8.17. The number of amides is 1. The Kier molecular flexibility index (Phi) is 6.22. The molecule has 0 aliphatic carbocycles. The Labute approximate surface area is 111 Å². The second-order valence-electron chi connectivity index (χ2n) is 4.07. The molecular weight excluding hydrogens is 280 g/mol. The molecule has 0 aliphatic rings. The van der Waals surface area contributed by atoms with Crippen LogP contribution in [0.4, 0.5) is 0 Å². The molecule has 1 aromatic carbocycles. The van der Waals surface area contributed by atoms with Crippen LogP contribution < -0.4 is 10.6 Å². The minimum absolute atomic E-state index is 0.0819. The van der Waals surface area contributed by atoms with Gasteiger partial charge in [0.2, 0.25) is 5.91 Å². The maximum absolute atomic E-state index is 11.6. The fraction of sp³-hybridized carbons (Fsp3) is 0.462. The lowest BCUT2D eigenvalue weighted by molar-refractivity contribution is -0.121. The summed E-state index contributed by atoms with van der Waals surface area (Å²) in [6.07, 6.45) is 0.516. The van der Waals surface area contributed by atoms with Crippen LogP contribution in [0.25, 0.3) is 0 Å². The van der Waals surface area contributed by atoms with E-state index in [4.69, 9.17) is 0 Å². The molecule has 0 radical (unpaired) electrons. The molecule has 0 heterocycles. The normalized spacial score (nSPS) is 12.2. The number of halogens is 1. The van der Waals surface area contributed by atoms with Crippen molar-refractivity contribution in [2.75, 3.05) is 6.54 Å². The van der Waals surface area contributed by atoms with Gasteiger partial charge < -0.3 is 10.6 Å². The summed E-state index contributed by atoms with van der Waals surface area (Å²) in [4.78, 5) is 11.6. The Morgan fingerprint density at radius 3 is 2.88 bits per heavy atom. The van der Waals surface area contributed by atoms with Crippen LogP contribution in [0.2, 0.25) is 0 Å². The molecule has 4 heteroatoms. The van der Waals surface area contributed by atoms with Gasteiger partial charge in [-0.1, -0.05) is 35.0 Å². The Morgan fingerprint density at radius 2 is 2.24 bits per heavy atom. The second kappa shape index (κ2) is 7.45. The van der Waals surface area contributed by atoms with E-state index >= 15 is 0 Å². The van der Waals surface area contributed by atoms with E-state index in [1.165, 1.54) is 0 Å². The van der Waals surface area contributed by atoms with E-state index in [1.807, 2.05) is 38.1 Å². The third-order valence-electron chi connectivity index (χ3n) is 2.42. The first kappa shape index (κ1) is 14.2. The van der Waals surface area contributed by atoms with E-state index in [1.54, 1.807) is 0 Å². The van der Waals surface area contributed by atoms with Gasteiger partial charge >= 0.3 is 0 Å².